The molecule has 0 unspecified atom stereocenters. The van der Waals surface area contributed by atoms with Crippen molar-refractivity contribution in [1.29, 1.82) is 0 Å². The number of fused-ring (bicyclic) bond motifs is 1. The molecule has 2 heteroatoms. The highest BCUT2D eigenvalue weighted by molar-refractivity contribution is 6.32. The van der Waals surface area contributed by atoms with E-state index in [-0.39, 0.29) is 0 Å². The molecule has 0 saturated carbocycles. The number of hydrogen-bond donors (Lipinski definition) is 1. The molecule has 0 bridgehead atoms. The lowest BCUT2D eigenvalue weighted by Gasteiger charge is -2.21. The van der Waals surface area contributed by atoms with Gasteiger partial charge in [0.1, 0.15) is 0 Å². The molecule has 1 aliphatic carbocycles. The minimum Gasteiger partial charge on any atom is -0.387 e. The Morgan fingerprint density at radius 2 is 1.79 bits per heavy atom. The van der Waals surface area contributed by atoms with E-state index in [4.69, 9.17) is 11.6 Å². The van der Waals surface area contributed by atoms with Gasteiger partial charge in [-0.15, -0.1) is 0 Å². The maximum Gasteiger partial charge on any atom is 0.0484 e. The molecule has 0 atom stereocenters. The minimum absolute atomic E-state index is 0.793. The molecule has 1 N–H and O–H groups in total. The second-order valence-corrected chi connectivity index (χ2v) is 7.05. The number of nitrogens with one attached hydrogen (secondary N) is 1. The Labute approximate surface area is 150 Å². The van der Waals surface area contributed by atoms with E-state index < -0.39 is 0 Å². The molecular weight excluding hydrogens is 314 g/mol. The second kappa shape index (κ2) is 6.49. The van der Waals surface area contributed by atoms with Gasteiger partial charge in [-0.3, -0.25) is 0 Å². The zero-order valence-electron chi connectivity index (χ0n) is 15.0. The summed E-state index contributed by atoms with van der Waals surface area (Å²) < 4.78 is 0. The number of anilines is 1. The van der Waals surface area contributed by atoms with Gasteiger partial charge in [0.2, 0.25) is 0 Å². The van der Waals surface area contributed by atoms with Gasteiger partial charge in [-0.2, -0.15) is 0 Å². The van der Waals surface area contributed by atoms with E-state index in [1.807, 2.05) is 19.2 Å². The highest BCUT2D eigenvalue weighted by atomic mass is 35.5. The van der Waals surface area contributed by atoms with Crippen LogP contribution in [0.3, 0.4) is 0 Å². The summed E-state index contributed by atoms with van der Waals surface area (Å²) in [5, 5.41) is 4.23. The fraction of sp³-hybridized carbons (Fsp3) is 0.273. The molecule has 0 spiro atoms. The summed E-state index contributed by atoms with van der Waals surface area (Å²) in [6.07, 6.45) is 3.34. The quantitative estimate of drug-likeness (QED) is 0.674. The first-order valence-electron chi connectivity index (χ1n) is 8.39. The van der Waals surface area contributed by atoms with Crippen LogP contribution in [-0.4, -0.2) is 7.05 Å². The van der Waals surface area contributed by atoms with E-state index >= 15 is 0 Å². The predicted octanol–water partition coefficient (Wildman–Crippen LogP) is 6.49. The van der Waals surface area contributed by atoms with Gasteiger partial charge < -0.3 is 5.32 Å². The van der Waals surface area contributed by atoms with E-state index in [2.05, 4.69) is 57.3 Å². The van der Waals surface area contributed by atoms with Gasteiger partial charge in [-0.05, 0) is 74.1 Å². The van der Waals surface area contributed by atoms with E-state index in [0.29, 0.717) is 0 Å². The van der Waals surface area contributed by atoms with Gasteiger partial charge in [-0.1, -0.05) is 41.4 Å². The lowest BCUT2D eigenvalue weighted by molar-refractivity contribution is 1.22. The summed E-state index contributed by atoms with van der Waals surface area (Å²) in [4.78, 5) is 0. The third kappa shape index (κ3) is 2.67. The van der Waals surface area contributed by atoms with Crippen molar-refractivity contribution in [2.24, 2.45) is 0 Å². The zero-order valence-corrected chi connectivity index (χ0v) is 15.8. The average Bonchev–Trinajstić information content (AvgIpc) is 2.91. The number of halogens is 1. The number of allylic oxidation sites excluding steroid dienone is 3. The van der Waals surface area contributed by atoms with E-state index in [0.717, 1.165) is 17.0 Å². The molecule has 0 fully saturated rings. The van der Waals surface area contributed by atoms with Gasteiger partial charge in [0.15, 0.2) is 0 Å². The number of hydrogen-bond acceptors (Lipinski definition) is 1. The van der Waals surface area contributed by atoms with Crippen molar-refractivity contribution in [3.05, 3.63) is 74.8 Å². The first-order valence-corrected chi connectivity index (χ1v) is 8.77. The van der Waals surface area contributed by atoms with Crippen LogP contribution in [0.25, 0.3) is 11.1 Å². The lowest BCUT2D eigenvalue weighted by Crippen LogP contribution is -2.04. The van der Waals surface area contributed by atoms with E-state index in [1.165, 1.54) is 44.7 Å². The molecule has 0 radical (unpaired) electrons. The van der Waals surface area contributed by atoms with Crippen LogP contribution in [0.2, 0.25) is 5.02 Å². The smallest absolute Gasteiger partial charge is 0.0484 e. The van der Waals surface area contributed by atoms with Crippen molar-refractivity contribution in [3.63, 3.8) is 0 Å². The highest BCUT2D eigenvalue weighted by Crippen LogP contribution is 2.42. The van der Waals surface area contributed by atoms with Crippen molar-refractivity contribution in [2.45, 2.75) is 34.1 Å². The third-order valence-corrected chi connectivity index (χ3v) is 5.24. The number of benzene rings is 2. The molecule has 124 valence electrons. The van der Waals surface area contributed by atoms with Crippen LogP contribution in [0.1, 0.15) is 48.6 Å². The molecule has 1 aliphatic rings. The summed E-state index contributed by atoms with van der Waals surface area (Å²) >= 11 is 6.53. The molecule has 0 aromatic heterocycles. The van der Waals surface area contributed by atoms with Gasteiger partial charge in [0.05, 0.1) is 0 Å². The van der Waals surface area contributed by atoms with Crippen molar-refractivity contribution in [1.82, 2.24) is 0 Å². The summed E-state index contributed by atoms with van der Waals surface area (Å²) in [7, 11) is 2.00. The Balaban J connectivity index is 2.33. The SMILES string of the molecule is CNc1c(C(=C(C)C)c2ccccc2Cl)cc2c(c1C)CC=C2C. The van der Waals surface area contributed by atoms with Crippen molar-refractivity contribution < 1.29 is 0 Å². The maximum absolute atomic E-state index is 6.53. The van der Waals surface area contributed by atoms with Crippen LogP contribution in [0, 0.1) is 6.92 Å². The lowest BCUT2D eigenvalue weighted by atomic mass is 9.87. The molecule has 0 saturated heterocycles. The van der Waals surface area contributed by atoms with Crippen LogP contribution in [-0.2, 0) is 6.42 Å². The average molecular weight is 338 g/mol. The summed E-state index contributed by atoms with van der Waals surface area (Å²) in [5.41, 5.74) is 11.5. The maximum atomic E-state index is 6.53. The van der Waals surface area contributed by atoms with Gasteiger partial charge in [0.25, 0.3) is 0 Å². The van der Waals surface area contributed by atoms with Crippen LogP contribution >= 0.6 is 11.6 Å². The van der Waals surface area contributed by atoms with Crippen molar-refractivity contribution in [2.75, 3.05) is 12.4 Å². The molecule has 2 aromatic rings. The standard InChI is InChI=1S/C22H24ClN/c1-13(2)21(17-8-6-7-9-20(17)23)19-12-18-14(3)10-11-16(18)15(4)22(19)24-5/h6-10,12,24H,11H2,1-5H3. The molecule has 3 rings (SSSR count). The fourth-order valence-corrected chi connectivity index (χ4v) is 3.94. The topological polar surface area (TPSA) is 12.0 Å². The highest BCUT2D eigenvalue weighted by Gasteiger charge is 2.22. The van der Waals surface area contributed by atoms with Crippen LogP contribution in [0.5, 0.6) is 0 Å². The second-order valence-electron chi connectivity index (χ2n) is 6.65. The zero-order chi connectivity index (χ0) is 17.4. The summed E-state index contributed by atoms with van der Waals surface area (Å²) in [5.74, 6) is 0. The Kier molecular flexibility index (Phi) is 4.56. The Bertz CT molecular complexity index is 868. The first-order chi connectivity index (χ1) is 11.5. The molecular formula is C22H24ClN. The molecule has 1 nitrogen and oxygen atoms in total. The Morgan fingerprint density at radius 1 is 1.08 bits per heavy atom. The van der Waals surface area contributed by atoms with Gasteiger partial charge in [-0.25, -0.2) is 0 Å². The van der Waals surface area contributed by atoms with Gasteiger partial charge >= 0.3 is 0 Å². The van der Waals surface area contributed by atoms with Crippen molar-refractivity contribution in [3.8, 4) is 0 Å². The molecule has 0 heterocycles. The van der Waals surface area contributed by atoms with Crippen LogP contribution in [0.15, 0.2) is 42.0 Å². The normalized spacial score (nSPS) is 12.7. The monoisotopic (exact) mass is 337 g/mol. The summed E-state index contributed by atoms with van der Waals surface area (Å²) in [6.45, 7) is 8.73. The molecule has 2 aromatic carbocycles. The van der Waals surface area contributed by atoms with Gasteiger partial charge in [0, 0.05) is 28.9 Å². The molecule has 0 amide bonds. The van der Waals surface area contributed by atoms with Crippen molar-refractivity contribution >= 4 is 28.4 Å². The Hall–Kier alpha value is -1.99. The largest absolute Gasteiger partial charge is 0.387 e. The molecule has 24 heavy (non-hydrogen) atoms. The minimum atomic E-state index is 0.793. The number of rotatable bonds is 3. The van der Waals surface area contributed by atoms with Crippen LogP contribution in [0.4, 0.5) is 5.69 Å². The third-order valence-electron chi connectivity index (χ3n) is 4.91. The van der Waals surface area contributed by atoms with E-state index in [1.54, 1.807) is 0 Å². The first kappa shape index (κ1) is 16.9. The summed E-state index contributed by atoms with van der Waals surface area (Å²) in [6, 6.07) is 10.4. The Morgan fingerprint density at radius 3 is 2.42 bits per heavy atom. The molecule has 0 aliphatic heterocycles. The van der Waals surface area contributed by atoms with E-state index in [9.17, 15) is 0 Å². The van der Waals surface area contributed by atoms with Crippen LogP contribution < -0.4 is 5.32 Å². The fourth-order valence-electron chi connectivity index (χ4n) is 3.71. The predicted molar refractivity (Wildman–Crippen MR) is 107 cm³/mol.